The quantitative estimate of drug-likeness (QED) is 0.631. The molecule has 0 atom stereocenters. The number of rotatable bonds is 4. The molecule has 1 aliphatic carbocycles. The van der Waals surface area contributed by atoms with Gasteiger partial charge in [0.2, 0.25) is 0 Å². The highest BCUT2D eigenvalue weighted by Gasteiger charge is 2.28. The van der Waals surface area contributed by atoms with Gasteiger partial charge in [-0.15, -0.1) is 11.3 Å². The first-order chi connectivity index (χ1) is 10.0. The summed E-state index contributed by atoms with van der Waals surface area (Å²) in [6.07, 6.45) is 4.74. The molecule has 0 N–H and O–H groups in total. The van der Waals surface area contributed by atoms with Gasteiger partial charge in [0.15, 0.2) is 11.5 Å². The van der Waals surface area contributed by atoms with Crippen LogP contribution in [0.4, 0.5) is 0 Å². The van der Waals surface area contributed by atoms with Crippen LogP contribution in [0.2, 0.25) is 0 Å². The molecule has 0 unspecified atom stereocenters. The van der Waals surface area contributed by atoms with Crippen molar-refractivity contribution in [1.29, 1.82) is 0 Å². The van der Waals surface area contributed by atoms with Gasteiger partial charge in [-0.2, -0.15) is 0 Å². The molecule has 0 amide bonds. The Morgan fingerprint density at radius 1 is 1.19 bits per heavy atom. The van der Waals surface area contributed by atoms with Gasteiger partial charge in [-0.25, -0.2) is 4.79 Å². The first kappa shape index (κ1) is 15.7. The average Bonchev–Trinajstić information content (AvgIpc) is 2.91. The number of carbonyl (C=O) groups excluding carboxylic acids is 3. The minimum atomic E-state index is -0.606. The van der Waals surface area contributed by atoms with Gasteiger partial charge in [-0.1, -0.05) is 19.3 Å². The first-order valence-corrected chi connectivity index (χ1v) is 7.85. The summed E-state index contributed by atoms with van der Waals surface area (Å²) in [5.74, 6) is -1.30. The second-order valence-electron chi connectivity index (χ2n) is 5.11. The van der Waals surface area contributed by atoms with E-state index in [-0.39, 0.29) is 33.9 Å². The van der Waals surface area contributed by atoms with Crippen LogP contribution in [0, 0.1) is 5.92 Å². The van der Waals surface area contributed by atoms with E-state index in [1.54, 1.807) is 0 Å². The summed E-state index contributed by atoms with van der Waals surface area (Å²) in [7, 11) is 1.25. The summed E-state index contributed by atoms with van der Waals surface area (Å²) < 4.78 is 10.1. The Morgan fingerprint density at radius 3 is 2.43 bits per heavy atom. The van der Waals surface area contributed by atoms with Crippen LogP contribution in [-0.2, 0) is 9.53 Å². The fourth-order valence-corrected chi connectivity index (χ4v) is 3.33. The molecule has 1 aromatic heterocycles. The summed E-state index contributed by atoms with van der Waals surface area (Å²) in [6, 6.07) is 0. The molecule has 5 nitrogen and oxygen atoms in total. The summed E-state index contributed by atoms with van der Waals surface area (Å²) in [5, 5.41) is 1.49. The predicted octanol–water partition coefficient (Wildman–Crippen LogP) is 3.22. The molecule has 1 aromatic rings. The lowest BCUT2D eigenvalue weighted by atomic mass is 9.89. The third-order valence-electron chi connectivity index (χ3n) is 3.61. The van der Waals surface area contributed by atoms with Crippen LogP contribution in [0.1, 0.15) is 59.1 Å². The molecule has 0 saturated heterocycles. The Hall–Kier alpha value is -1.69. The number of thiophene rings is 1. The molecule has 1 saturated carbocycles. The van der Waals surface area contributed by atoms with Gasteiger partial charge >= 0.3 is 11.9 Å². The van der Waals surface area contributed by atoms with Crippen molar-refractivity contribution in [3.05, 3.63) is 15.8 Å². The second-order valence-corrected chi connectivity index (χ2v) is 5.99. The summed E-state index contributed by atoms with van der Waals surface area (Å²) >= 11 is 1.09. The van der Waals surface area contributed by atoms with Gasteiger partial charge < -0.3 is 9.47 Å². The van der Waals surface area contributed by atoms with Crippen molar-refractivity contribution in [2.75, 3.05) is 7.11 Å². The number of hydrogen-bond donors (Lipinski definition) is 0. The maximum Gasteiger partial charge on any atom is 0.342 e. The predicted molar refractivity (Wildman–Crippen MR) is 77.9 cm³/mol. The van der Waals surface area contributed by atoms with E-state index in [1.165, 1.54) is 19.4 Å². The molecular formula is C15H18O5S. The van der Waals surface area contributed by atoms with E-state index in [2.05, 4.69) is 4.74 Å². The molecule has 1 heterocycles. The number of carbonyl (C=O) groups is 3. The number of methoxy groups -OCH3 is 1. The average molecular weight is 310 g/mol. The van der Waals surface area contributed by atoms with E-state index in [0.717, 1.165) is 43.4 Å². The van der Waals surface area contributed by atoms with Crippen molar-refractivity contribution < 1.29 is 23.9 Å². The summed E-state index contributed by atoms with van der Waals surface area (Å²) in [4.78, 5) is 35.8. The Morgan fingerprint density at radius 2 is 1.86 bits per heavy atom. The maximum atomic E-state index is 12.2. The monoisotopic (exact) mass is 310 g/mol. The molecule has 0 aromatic carbocycles. The van der Waals surface area contributed by atoms with Gasteiger partial charge in [0.25, 0.3) is 0 Å². The molecule has 114 valence electrons. The topological polar surface area (TPSA) is 69.7 Å². The van der Waals surface area contributed by atoms with E-state index in [4.69, 9.17) is 4.74 Å². The van der Waals surface area contributed by atoms with Crippen LogP contribution in [0.15, 0.2) is 5.38 Å². The standard InChI is InChI=1S/C15H18O5S/c1-9(16)13-12(11(8-21-13)15(18)19-2)20-14(17)10-6-4-3-5-7-10/h8,10H,3-7H2,1-2H3. The van der Waals surface area contributed by atoms with Crippen LogP contribution in [0.5, 0.6) is 5.75 Å². The van der Waals surface area contributed by atoms with Gasteiger partial charge in [0.1, 0.15) is 10.4 Å². The number of esters is 2. The molecule has 2 rings (SSSR count). The minimum absolute atomic E-state index is 0.0509. The molecule has 21 heavy (non-hydrogen) atoms. The van der Waals surface area contributed by atoms with E-state index in [0.29, 0.717) is 0 Å². The molecule has 1 fully saturated rings. The lowest BCUT2D eigenvalue weighted by molar-refractivity contribution is -0.139. The Kier molecular flexibility index (Phi) is 5.12. The smallest absolute Gasteiger partial charge is 0.342 e. The largest absolute Gasteiger partial charge is 0.465 e. The molecule has 0 aliphatic heterocycles. The second kappa shape index (κ2) is 6.85. The SMILES string of the molecule is COC(=O)c1csc(C(C)=O)c1OC(=O)C1CCCCC1. The molecule has 6 heteroatoms. The number of ketones is 1. The van der Waals surface area contributed by atoms with Crippen molar-refractivity contribution in [2.45, 2.75) is 39.0 Å². The van der Waals surface area contributed by atoms with Crippen LogP contribution in [0.3, 0.4) is 0 Å². The highest BCUT2D eigenvalue weighted by molar-refractivity contribution is 7.12. The summed E-state index contributed by atoms with van der Waals surface area (Å²) in [5.41, 5.74) is 0.136. The molecular weight excluding hydrogens is 292 g/mol. The highest BCUT2D eigenvalue weighted by atomic mass is 32.1. The lowest BCUT2D eigenvalue weighted by Crippen LogP contribution is -2.24. The molecule has 0 radical (unpaired) electrons. The number of ether oxygens (including phenoxy) is 2. The zero-order valence-corrected chi connectivity index (χ0v) is 13.0. The van der Waals surface area contributed by atoms with Crippen LogP contribution in [0.25, 0.3) is 0 Å². The molecule has 0 bridgehead atoms. The fraction of sp³-hybridized carbons (Fsp3) is 0.533. The lowest BCUT2D eigenvalue weighted by Gasteiger charge is -2.20. The van der Waals surface area contributed by atoms with Gasteiger partial charge in [0, 0.05) is 12.3 Å². The maximum absolute atomic E-state index is 12.2. The van der Waals surface area contributed by atoms with Crippen molar-refractivity contribution in [2.24, 2.45) is 5.92 Å². The van der Waals surface area contributed by atoms with Crippen LogP contribution >= 0.6 is 11.3 Å². The first-order valence-electron chi connectivity index (χ1n) is 6.97. The van der Waals surface area contributed by atoms with Crippen LogP contribution < -0.4 is 4.74 Å². The number of Topliss-reactive ketones (excluding diaryl/α,β-unsaturated/α-hetero) is 1. The number of hydrogen-bond acceptors (Lipinski definition) is 6. The van der Waals surface area contributed by atoms with Crippen LogP contribution in [-0.4, -0.2) is 24.8 Å². The normalized spacial score (nSPS) is 15.5. The molecule has 1 aliphatic rings. The fourth-order valence-electron chi connectivity index (χ4n) is 2.46. The summed E-state index contributed by atoms with van der Waals surface area (Å²) in [6.45, 7) is 1.38. The van der Waals surface area contributed by atoms with Gasteiger partial charge in [-0.05, 0) is 12.8 Å². The van der Waals surface area contributed by atoms with Gasteiger partial charge in [0.05, 0.1) is 13.0 Å². The minimum Gasteiger partial charge on any atom is -0.465 e. The highest BCUT2D eigenvalue weighted by Crippen LogP contribution is 2.34. The third-order valence-corrected chi connectivity index (χ3v) is 4.67. The van der Waals surface area contributed by atoms with E-state index in [9.17, 15) is 14.4 Å². The van der Waals surface area contributed by atoms with E-state index in [1.807, 2.05) is 0 Å². The molecule has 0 spiro atoms. The van der Waals surface area contributed by atoms with Crippen molar-refractivity contribution in [1.82, 2.24) is 0 Å². The van der Waals surface area contributed by atoms with E-state index >= 15 is 0 Å². The third kappa shape index (κ3) is 3.50. The Labute approximate surface area is 127 Å². The van der Waals surface area contributed by atoms with E-state index < -0.39 is 5.97 Å². The Bertz CT molecular complexity index is 554. The van der Waals surface area contributed by atoms with Gasteiger partial charge in [-0.3, -0.25) is 9.59 Å². The van der Waals surface area contributed by atoms with Crippen molar-refractivity contribution in [3.63, 3.8) is 0 Å². The zero-order valence-electron chi connectivity index (χ0n) is 12.1. The Balaban J connectivity index is 2.24. The van der Waals surface area contributed by atoms with Crippen molar-refractivity contribution in [3.8, 4) is 5.75 Å². The van der Waals surface area contributed by atoms with Crippen molar-refractivity contribution >= 4 is 29.1 Å². The zero-order chi connectivity index (χ0) is 15.4.